The van der Waals surface area contributed by atoms with Crippen LogP contribution in [0.25, 0.3) is 0 Å². The molecule has 0 atom stereocenters. The van der Waals surface area contributed by atoms with Crippen LogP contribution >= 0.6 is 66.5 Å². The van der Waals surface area contributed by atoms with E-state index in [1.54, 1.807) is 0 Å². The van der Waals surface area contributed by atoms with Crippen molar-refractivity contribution in [3.8, 4) is 0 Å². The van der Waals surface area contributed by atoms with Gasteiger partial charge in [-0.25, -0.2) is 0 Å². The van der Waals surface area contributed by atoms with Crippen LogP contribution in [-0.2, 0) is 0 Å². The van der Waals surface area contributed by atoms with Gasteiger partial charge in [0.1, 0.15) is 8.55 Å². The fourth-order valence-electron chi connectivity index (χ4n) is 0.227. The zero-order valence-electron chi connectivity index (χ0n) is 3.97. The van der Waals surface area contributed by atoms with Crippen LogP contribution in [0.3, 0.4) is 0 Å². The van der Waals surface area contributed by atoms with E-state index in [-0.39, 0.29) is 0 Å². The molecule has 0 aromatic heterocycles. The molecule has 0 aliphatic carbocycles. The molecular weight excluding hydrogens is 297 g/mol. The third-order valence-electron chi connectivity index (χ3n) is 0.401. The largest absolute Gasteiger partial charge is 0.319 e. The molecule has 0 saturated carbocycles. The minimum Gasteiger partial charge on any atom is -0.131 e. The maximum absolute atomic E-state index is 5.53. The molecule has 0 amide bonds. The summed E-state index contributed by atoms with van der Waals surface area (Å²) in [6.45, 7) is 0. The average Bonchev–Trinajstić information content (AvgIpc) is 1.14. The normalized spacial score (nSPS) is 14.0. The maximum Gasteiger partial charge on any atom is 0.319 e. The first kappa shape index (κ1) is 11.4. The van der Waals surface area contributed by atoms with Gasteiger partial charge < -0.3 is 0 Å². The highest BCUT2D eigenvalue weighted by molar-refractivity contribution is 8.03. The van der Waals surface area contributed by atoms with E-state index < -0.39 is 19.6 Å². The highest BCUT2D eigenvalue weighted by Crippen LogP contribution is 2.28. The Balaban J connectivity index is 3.75. The first-order valence-corrected chi connectivity index (χ1v) is 16.6. The molecule has 0 nitrogen and oxygen atoms in total. The molecule has 0 aromatic carbocycles. The second-order valence-electron chi connectivity index (χ2n) is 1.41. The fraction of sp³-hybridized carbons (Fsp3) is 0. The van der Waals surface area contributed by atoms with Gasteiger partial charge in [-0.05, 0) is 0 Å². The topological polar surface area (TPSA) is 0 Å². The molecule has 0 aliphatic rings. The second kappa shape index (κ2) is 3.87. The highest BCUT2D eigenvalue weighted by atomic mass is 35.9. The number of hydrogen-bond donors (Lipinski definition) is 0. The lowest BCUT2D eigenvalue weighted by atomic mass is 26.5. The molecule has 0 saturated heterocycles. The summed E-state index contributed by atoms with van der Waals surface area (Å²) in [5.74, 6) is 0. The van der Waals surface area contributed by atoms with Crippen LogP contribution in [0.2, 0.25) is 0 Å². The van der Waals surface area contributed by atoms with Crippen LogP contribution in [0.1, 0.15) is 0 Å². The van der Waals surface area contributed by atoms with Gasteiger partial charge in [0.2, 0.25) is 0 Å². The molecule has 0 rings (SSSR count). The van der Waals surface area contributed by atoms with Crippen molar-refractivity contribution < 1.29 is 0 Å². The van der Waals surface area contributed by atoms with E-state index in [1.807, 2.05) is 0 Å². The Morgan fingerprint density at radius 3 is 0.889 bits per heavy atom. The fourth-order valence-corrected chi connectivity index (χ4v) is 55.2. The van der Waals surface area contributed by atoms with E-state index in [0.29, 0.717) is 0 Å². The van der Waals surface area contributed by atoms with Gasteiger partial charge in [-0.2, -0.15) is 0 Å². The zero-order valence-corrected chi connectivity index (χ0v) is 11.9. The summed E-state index contributed by atoms with van der Waals surface area (Å²) in [5.41, 5.74) is -5.14. The van der Waals surface area contributed by atoms with Gasteiger partial charge >= 0.3 is 11.0 Å². The molecule has 56 valence electrons. The van der Waals surface area contributed by atoms with Gasteiger partial charge in [0.15, 0.2) is 0 Å². The van der Waals surface area contributed by atoms with Gasteiger partial charge in [0, 0.05) is 0 Å². The molecule has 0 aliphatic heterocycles. The Kier molecular flexibility index (Phi) is 4.90. The predicted octanol–water partition coefficient (Wildman–Crippen LogP) is 2.46. The summed E-state index contributed by atoms with van der Waals surface area (Å²) in [4.78, 5) is 0. The number of hydrogen-bond acceptors (Lipinski definition) is 0. The van der Waals surface area contributed by atoms with Crippen LogP contribution in [-0.4, -0.2) is 19.6 Å². The van der Waals surface area contributed by atoms with Crippen LogP contribution in [0, 0.1) is 0 Å². The molecule has 0 radical (unpaired) electrons. The quantitative estimate of drug-likeness (QED) is 0.543. The van der Waals surface area contributed by atoms with Crippen molar-refractivity contribution in [1.82, 2.24) is 0 Å². The Labute approximate surface area is 85.3 Å². The Bertz CT molecular complexity index is 73.5. The van der Waals surface area contributed by atoms with Crippen LogP contribution < -0.4 is 0 Å². The van der Waals surface area contributed by atoms with E-state index >= 15 is 0 Å². The van der Waals surface area contributed by atoms with E-state index in [9.17, 15) is 0 Å². The molecule has 0 bridgehead atoms. The first-order chi connectivity index (χ1) is 3.71. The second-order valence-corrected chi connectivity index (χ2v) is 38.0. The van der Waals surface area contributed by atoms with Crippen molar-refractivity contribution in [3.05, 3.63) is 0 Å². The van der Waals surface area contributed by atoms with E-state index in [4.69, 9.17) is 66.5 Å². The zero-order chi connectivity index (χ0) is 7.71. The minimum absolute atomic E-state index is 1.04. The Morgan fingerprint density at radius 2 is 0.889 bits per heavy atom. The maximum atomic E-state index is 5.53. The monoisotopic (exact) mass is 296 g/mol. The van der Waals surface area contributed by atoms with Crippen molar-refractivity contribution in [3.63, 3.8) is 0 Å². The van der Waals surface area contributed by atoms with Crippen LogP contribution in [0.4, 0.5) is 0 Å². The molecular formula is H2Cl6Si3. The Morgan fingerprint density at radius 1 is 0.667 bits per heavy atom. The van der Waals surface area contributed by atoms with Crippen molar-refractivity contribution in [2.24, 2.45) is 0 Å². The van der Waals surface area contributed by atoms with E-state index in [2.05, 4.69) is 0 Å². The summed E-state index contributed by atoms with van der Waals surface area (Å²) in [6.07, 6.45) is 0. The van der Waals surface area contributed by atoms with Crippen LogP contribution in [0.5, 0.6) is 0 Å². The van der Waals surface area contributed by atoms with Gasteiger partial charge in [0.25, 0.3) is 0 Å². The lowest BCUT2D eigenvalue weighted by molar-refractivity contribution is 3.55. The lowest BCUT2D eigenvalue weighted by Crippen LogP contribution is -2.37. The van der Waals surface area contributed by atoms with Crippen molar-refractivity contribution in [2.45, 2.75) is 0 Å². The average molecular weight is 299 g/mol. The van der Waals surface area contributed by atoms with Gasteiger partial charge in [-0.15, -0.1) is 66.5 Å². The molecule has 0 N–H and O–H groups in total. The van der Waals surface area contributed by atoms with Gasteiger partial charge in [-0.1, -0.05) is 0 Å². The van der Waals surface area contributed by atoms with E-state index in [1.165, 1.54) is 0 Å². The third kappa shape index (κ3) is 10.4. The molecule has 0 spiro atoms. The summed E-state index contributed by atoms with van der Waals surface area (Å²) in [5, 5.41) is 0. The van der Waals surface area contributed by atoms with Crippen LogP contribution in [0.15, 0.2) is 0 Å². The SMILES string of the molecule is Cl[Si](Cl)(Cl)[SiH2][Si](Cl)(Cl)Cl. The van der Waals surface area contributed by atoms with E-state index in [0.717, 1.165) is 0 Å². The van der Waals surface area contributed by atoms with Crippen molar-refractivity contribution in [2.75, 3.05) is 0 Å². The molecule has 0 aromatic rings. The van der Waals surface area contributed by atoms with Gasteiger partial charge in [0.05, 0.1) is 0 Å². The first-order valence-electron chi connectivity index (χ1n) is 1.84. The van der Waals surface area contributed by atoms with Crippen molar-refractivity contribution in [1.29, 1.82) is 0 Å². The minimum atomic E-state index is -2.57. The standard InChI is InChI=1S/Cl6H2Si3/c1-8(2,3)7-9(4,5)6/h7H2. The molecule has 9 heavy (non-hydrogen) atoms. The summed E-state index contributed by atoms with van der Waals surface area (Å²) < 4.78 is 0. The molecule has 0 fully saturated rings. The van der Waals surface area contributed by atoms with Crippen molar-refractivity contribution >= 4 is 86.1 Å². The smallest absolute Gasteiger partial charge is 0.131 e. The number of halogens is 6. The number of rotatable bonds is 2. The lowest BCUT2D eigenvalue weighted by Gasteiger charge is -2.10. The molecule has 9 heteroatoms. The molecule has 0 unspecified atom stereocenters. The summed E-state index contributed by atoms with van der Waals surface area (Å²) in [6, 6.07) is 0. The highest BCUT2D eigenvalue weighted by Gasteiger charge is 2.39. The van der Waals surface area contributed by atoms with Gasteiger partial charge in [-0.3, -0.25) is 0 Å². The third-order valence-corrected chi connectivity index (χ3v) is 32.5. The molecule has 0 heterocycles. The Hall–Kier alpha value is 2.39. The predicted molar refractivity (Wildman–Crippen MR) is 55.2 cm³/mol. The summed E-state index contributed by atoms with van der Waals surface area (Å²) in [7, 11) is -1.04. The summed E-state index contributed by atoms with van der Waals surface area (Å²) >= 11 is 33.2.